The van der Waals surface area contributed by atoms with Crippen LogP contribution in [0.25, 0.3) is 0 Å². The average molecular weight is 384 g/mol. The third kappa shape index (κ3) is 4.25. The Balaban J connectivity index is 1.28. The van der Waals surface area contributed by atoms with E-state index in [-0.39, 0.29) is 11.7 Å². The fourth-order valence-corrected chi connectivity index (χ4v) is 3.75. The summed E-state index contributed by atoms with van der Waals surface area (Å²) in [5, 5.41) is 3.34. The first-order valence-corrected chi connectivity index (χ1v) is 9.77. The molecule has 2 aromatic rings. The van der Waals surface area contributed by atoms with Crippen LogP contribution in [0, 0.1) is 11.7 Å². The van der Waals surface area contributed by atoms with Gasteiger partial charge in [-0.25, -0.2) is 9.37 Å². The minimum Gasteiger partial charge on any atom is -0.378 e. The molecule has 4 rings (SSSR count). The number of halogens is 1. The number of ether oxygens (including phenoxy) is 1. The molecular weight excluding hydrogens is 359 g/mol. The van der Waals surface area contributed by atoms with Gasteiger partial charge in [0.2, 0.25) is 0 Å². The summed E-state index contributed by atoms with van der Waals surface area (Å²) in [6.07, 6.45) is 2.63. The summed E-state index contributed by atoms with van der Waals surface area (Å²) >= 11 is 0. The Labute approximate surface area is 164 Å². The Hall–Kier alpha value is -2.67. The van der Waals surface area contributed by atoms with Gasteiger partial charge in [-0.1, -0.05) is 12.1 Å². The molecule has 2 aliphatic rings. The van der Waals surface area contributed by atoms with Gasteiger partial charge in [-0.2, -0.15) is 0 Å². The molecule has 28 heavy (non-hydrogen) atoms. The maximum absolute atomic E-state index is 14.0. The number of aromatic nitrogens is 1. The van der Waals surface area contributed by atoms with E-state index in [0.29, 0.717) is 43.5 Å². The summed E-state index contributed by atoms with van der Waals surface area (Å²) in [5.74, 6) is 1.01. The first-order chi connectivity index (χ1) is 13.7. The third-order valence-electron chi connectivity index (χ3n) is 5.36. The first-order valence-electron chi connectivity index (χ1n) is 9.77. The monoisotopic (exact) mass is 384 g/mol. The van der Waals surface area contributed by atoms with Crippen LogP contribution in [0.4, 0.5) is 15.9 Å². The van der Waals surface area contributed by atoms with Gasteiger partial charge in [-0.15, -0.1) is 0 Å². The molecule has 6 nitrogen and oxygen atoms in total. The molecule has 0 aliphatic carbocycles. The number of amides is 1. The van der Waals surface area contributed by atoms with E-state index in [0.717, 1.165) is 31.9 Å². The van der Waals surface area contributed by atoms with Crippen LogP contribution in [0.1, 0.15) is 16.8 Å². The molecule has 1 aromatic carbocycles. The molecule has 148 valence electrons. The molecule has 1 aromatic heterocycles. The number of para-hydroxylation sites is 1. The van der Waals surface area contributed by atoms with E-state index in [1.54, 1.807) is 17.2 Å². The average Bonchev–Trinajstić information content (AvgIpc) is 3.22. The fraction of sp³-hybridized carbons (Fsp3) is 0.429. The lowest BCUT2D eigenvalue weighted by molar-refractivity contribution is 0.0302. The molecule has 2 aliphatic heterocycles. The maximum Gasteiger partial charge on any atom is 0.255 e. The predicted octanol–water partition coefficient (Wildman–Crippen LogP) is 2.63. The number of hydrogen-bond acceptors (Lipinski definition) is 5. The molecule has 0 radical (unpaired) electrons. The van der Waals surface area contributed by atoms with Crippen molar-refractivity contribution in [3.05, 3.63) is 54.0 Å². The van der Waals surface area contributed by atoms with Crippen molar-refractivity contribution < 1.29 is 13.9 Å². The van der Waals surface area contributed by atoms with Gasteiger partial charge in [0.25, 0.3) is 5.91 Å². The van der Waals surface area contributed by atoms with Crippen molar-refractivity contribution in [3.8, 4) is 0 Å². The van der Waals surface area contributed by atoms with Gasteiger partial charge in [0.1, 0.15) is 11.6 Å². The number of nitrogens with zero attached hydrogens (tertiary/aromatic N) is 3. The zero-order chi connectivity index (χ0) is 19.3. The standard InChI is InChI=1S/C21H25FN4O2/c22-18-3-1-2-4-19(18)26-8-7-16(15-26)13-23-20-6-5-17(14-24-20)21(27)25-9-11-28-12-10-25/h1-6,14,16H,7-13,15H2,(H,23,24). The second-order valence-corrected chi connectivity index (χ2v) is 7.27. The van der Waals surface area contributed by atoms with Crippen LogP contribution in [0.15, 0.2) is 42.6 Å². The van der Waals surface area contributed by atoms with E-state index in [2.05, 4.69) is 15.2 Å². The smallest absolute Gasteiger partial charge is 0.255 e. The molecule has 1 unspecified atom stereocenters. The van der Waals surface area contributed by atoms with Gasteiger partial charge in [-0.05, 0) is 36.6 Å². The zero-order valence-corrected chi connectivity index (χ0v) is 15.8. The normalized spacial score (nSPS) is 19.7. The van der Waals surface area contributed by atoms with E-state index in [4.69, 9.17) is 4.74 Å². The van der Waals surface area contributed by atoms with Crippen LogP contribution in [0.3, 0.4) is 0 Å². The second-order valence-electron chi connectivity index (χ2n) is 7.27. The Kier molecular flexibility index (Phi) is 5.71. The lowest BCUT2D eigenvalue weighted by Gasteiger charge is -2.26. The number of morpholine rings is 1. The lowest BCUT2D eigenvalue weighted by Crippen LogP contribution is -2.40. The first kappa shape index (κ1) is 18.7. The van der Waals surface area contributed by atoms with Crippen molar-refractivity contribution in [2.75, 3.05) is 56.2 Å². The highest BCUT2D eigenvalue weighted by atomic mass is 19.1. The molecule has 0 saturated carbocycles. The van der Waals surface area contributed by atoms with Crippen LogP contribution < -0.4 is 10.2 Å². The van der Waals surface area contributed by atoms with E-state index < -0.39 is 0 Å². The lowest BCUT2D eigenvalue weighted by atomic mass is 10.1. The van der Waals surface area contributed by atoms with E-state index in [9.17, 15) is 9.18 Å². The summed E-state index contributed by atoms with van der Waals surface area (Å²) in [7, 11) is 0. The van der Waals surface area contributed by atoms with Gasteiger partial charge < -0.3 is 19.9 Å². The van der Waals surface area contributed by atoms with E-state index in [1.165, 1.54) is 6.07 Å². The Morgan fingerprint density at radius 3 is 2.75 bits per heavy atom. The predicted molar refractivity (Wildman–Crippen MR) is 106 cm³/mol. The zero-order valence-electron chi connectivity index (χ0n) is 15.8. The van der Waals surface area contributed by atoms with E-state index >= 15 is 0 Å². The topological polar surface area (TPSA) is 57.7 Å². The molecule has 2 saturated heterocycles. The molecular formula is C21H25FN4O2. The Morgan fingerprint density at radius 1 is 1.18 bits per heavy atom. The Bertz CT molecular complexity index is 808. The molecule has 1 N–H and O–H groups in total. The van der Waals surface area contributed by atoms with Crippen molar-refractivity contribution >= 4 is 17.4 Å². The van der Waals surface area contributed by atoms with Crippen LogP contribution >= 0.6 is 0 Å². The number of carbonyl (C=O) groups is 1. The molecule has 1 atom stereocenters. The molecule has 1 amide bonds. The number of rotatable bonds is 5. The minimum atomic E-state index is -0.168. The van der Waals surface area contributed by atoms with Crippen molar-refractivity contribution in [2.24, 2.45) is 5.92 Å². The summed E-state index contributed by atoms with van der Waals surface area (Å²) in [4.78, 5) is 20.7. The van der Waals surface area contributed by atoms with Gasteiger partial charge in [-0.3, -0.25) is 4.79 Å². The molecule has 7 heteroatoms. The quantitative estimate of drug-likeness (QED) is 0.859. The largest absolute Gasteiger partial charge is 0.378 e. The SMILES string of the molecule is O=C(c1ccc(NCC2CCN(c3ccccc3F)C2)nc1)N1CCOCC1. The number of hydrogen-bond donors (Lipinski definition) is 1. The minimum absolute atomic E-state index is 0.00123. The highest BCUT2D eigenvalue weighted by Crippen LogP contribution is 2.26. The highest BCUT2D eigenvalue weighted by molar-refractivity contribution is 5.94. The summed E-state index contributed by atoms with van der Waals surface area (Å²) < 4.78 is 19.2. The van der Waals surface area contributed by atoms with Crippen LogP contribution in [0.5, 0.6) is 0 Å². The van der Waals surface area contributed by atoms with Crippen molar-refractivity contribution in [2.45, 2.75) is 6.42 Å². The molecule has 0 spiro atoms. The van der Waals surface area contributed by atoms with Crippen LogP contribution in [-0.4, -0.2) is 61.7 Å². The molecule has 0 bridgehead atoms. The Morgan fingerprint density at radius 2 is 2.00 bits per heavy atom. The van der Waals surface area contributed by atoms with Crippen molar-refractivity contribution in [1.82, 2.24) is 9.88 Å². The van der Waals surface area contributed by atoms with Crippen molar-refractivity contribution in [3.63, 3.8) is 0 Å². The number of benzene rings is 1. The summed E-state index contributed by atoms with van der Waals surface area (Å²) in [6.45, 7) is 4.87. The number of pyridine rings is 1. The van der Waals surface area contributed by atoms with Gasteiger partial charge in [0.05, 0.1) is 24.5 Å². The number of nitrogens with one attached hydrogen (secondary N) is 1. The van der Waals surface area contributed by atoms with Gasteiger partial charge in [0, 0.05) is 38.9 Å². The number of anilines is 2. The van der Waals surface area contributed by atoms with Crippen molar-refractivity contribution in [1.29, 1.82) is 0 Å². The van der Waals surface area contributed by atoms with Gasteiger partial charge >= 0.3 is 0 Å². The summed E-state index contributed by atoms with van der Waals surface area (Å²) in [6, 6.07) is 10.6. The van der Waals surface area contributed by atoms with Crippen LogP contribution in [-0.2, 0) is 4.74 Å². The van der Waals surface area contributed by atoms with Crippen LogP contribution in [0.2, 0.25) is 0 Å². The second kappa shape index (κ2) is 8.56. The molecule has 2 fully saturated rings. The number of carbonyl (C=O) groups excluding carboxylic acids is 1. The van der Waals surface area contributed by atoms with E-state index in [1.807, 2.05) is 24.3 Å². The molecule has 3 heterocycles. The highest BCUT2D eigenvalue weighted by Gasteiger charge is 2.24. The fourth-order valence-electron chi connectivity index (χ4n) is 3.75. The maximum atomic E-state index is 14.0. The summed E-state index contributed by atoms with van der Waals surface area (Å²) in [5.41, 5.74) is 1.27. The third-order valence-corrected chi connectivity index (χ3v) is 5.36. The van der Waals surface area contributed by atoms with Gasteiger partial charge in [0.15, 0.2) is 0 Å².